The third-order valence-corrected chi connectivity index (χ3v) is 11.4. The highest BCUT2D eigenvalue weighted by Crippen LogP contribution is 2.68. The monoisotopic (exact) mass is 532 g/mol. The normalized spacial score (nSPS) is 39.8. The number of esters is 1. The molecule has 3 fully saturated rings. The molecule has 204 valence electrons. The number of Topliss-reactive ketones (excluding diaryl/α,β-unsaturated/α-hetero) is 1. The molecule has 0 aliphatic heterocycles. The molecule has 4 rings (SSSR count). The molecule has 1 aromatic rings. The van der Waals surface area contributed by atoms with Crippen LogP contribution in [0.25, 0.3) is 0 Å². The SMILES string of the molecule is C=C[C@]1(C)C[C@@H](OC(=O)COS(=O)(=O)c2ccc(C)cc2)[C@]2(C)CC[C@@H](C)[C@@]3(CCC(=O)[C@@H]23)[C@@H](C)[C@@H]1O. The van der Waals surface area contributed by atoms with E-state index in [9.17, 15) is 23.1 Å². The molecule has 3 aliphatic carbocycles. The predicted molar refractivity (Wildman–Crippen MR) is 139 cm³/mol. The van der Waals surface area contributed by atoms with E-state index in [1.165, 1.54) is 12.1 Å². The first-order valence-corrected chi connectivity index (χ1v) is 14.6. The van der Waals surface area contributed by atoms with Crippen molar-refractivity contribution < 1.29 is 32.0 Å². The Labute approximate surface area is 220 Å². The topological polar surface area (TPSA) is 107 Å². The number of carbonyl (C=O) groups is 2. The summed E-state index contributed by atoms with van der Waals surface area (Å²) in [6, 6.07) is 6.17. The number of carbonyl (C=O) groups excluding carboxylic acids is 2. The second kappa shape index (κ2) is 9.62. The van der Waals surface area contributed by atoms with Crippen LogP contribution < -0.4 is 0 Å². The summed E-state index contributed by atoms with van der Waals surface area (Å²) in [5, 5.41) is 11.6. The number of aliphatic hydroxyl groups excluding tert-OH is 1. The molecule has 7 nitrogen and oxygen atoms in total. The van der Waals surface area contributed by atoms with Crippen LogP contribution in [0, 0.1) is 40.9 Å². The molecular weight excluding hydrogens is 492 g/mol. The van der Waals surface area contributed by atoms with Gasteiger partial charge in [-0.2, -0.15) is 8.42 Å². The van der Waals surface area contributed by atoms with Gasteiger partial charge in [0, 0.05) is 23.2 Å². The van der Waals surface area contributed by atoms with Crippen molar-refractivity contribution in [1.82, 2.24) is 0 Å². The van der Waals surface area contributed by atoms with Crippen molar-refractivity contribution in [3.8, 4) is 0 Å². The number of hydrogen-bond acceptors (Lipinski definition) is 7. The zero-order valence-electron chi connectivity index (χ0n) is 22.5. The standard InChI is InChI=1S/C29H40O7S/c1-7-27(5)16-23(36-24(31)17-35-37(33,34)21-10-8-18(2)9-11-21)28(6)14-12-19(3)29(20(4)26(27)32)15-13-22(30)25(28)29/h7-11,19-20,23,25-26,32H,1,12-17H2,2-6H3/t19-,20+,23-,25+,26+,27-,28+,29+/m1/s1. The van der Waals surface area contributed by atoms with Crippen LogP contribution in [0.3, 0.4) is 0 Å². The van der Waals surface area contributed by atoms with Crippen LogP contribution in [0.2, 0.25) is 0 Å². The summed E-state index contributed by atoms with van der Waals surface area (Å²) >= 11 is 0. The molecule has 0 saturated heterocycles. The van der Waals surface area contributed by atoms with Gasteiger partial charge in [0.1, 0.15) is 11.9 Å². The maximum Gasteiger partial charge on any atom is 0.333 e. The molecule has 0 heterocycles. The maximum absolute atomic E-state index is 13.4. The highest BCUT2D eigenvalue weighted by molar-refractivity contribution is 7.86. The van der Waals surface area contributed by atoms with E-state index < -0.39 is 51.1 Å². The molecule has 3 aliphatic rings. The van der Waals surface area contributed by atoms with Crippen LogP contribution >= 0.6 is 0 Å². The van der Waals surface area contributed by atoms with Crippen molar-refractivity contribution in [2.75, 3.05) is 6.61 Å². The molecule has 1 aromatic carbocycles. The number of aliphatic hydroxyl groups is 1. The van der Waals surface area contributed by atoms with Crippen molar-refractivity contribution >= 4 is 21.9 Å². The highest BCUT2D eigenvalue weighted by atomic mass is 32.2. The Kier molecular flexibility index (Phi) is 7.27. The van der Waals surface area contributed by atoms with Crippen LogP contribution in [0.1, 0.15) is 65.4 Å². The summed E-state index contributed by atoms with van der Waals surface area (Å²) in [5.41, 5.74) is -0.910. The van der Waals surface area contributed by atoms with Crippen molar-refractivity contribution in [3.63, 3.8) is 0 Å². The van der Waals surface area contributed by atoms with Crippen LogP contribution in [-0.4, -0.2) is 44.1 Å². The summed E-state index contributed by atoms with van der Waals surface area (Å²) in [7, 11) is -4.14. The van der Waals surface area contributed by atoms with E-state index in [0.29, 0.717) is 19.3 Å². The predicted octanol–water partition coefficient (Wildman–Crippen LogP) is 4.61. The number of benzene rings is 1. The summed E-state index contributed by atoms with van der Waals surface area (Å²) in [4.78, 5) is 26.4. The van der Waals surface area contributed by atoms with Gasteiger partial charge in [0.05, 0.1) is 11.0 Å². The average molecular weight is 533 g/mol. The second-order valence-electron chi connectivity index (χ2n) is 12.1. The molecule has 0 amide bonds. The van der Waals surface area contributed by atoms with Gasteiger partial charge in [0.2, 0.25) is 0 Å². The molecule has 0 aromatic heterocycles. The van der Waals surface area contributed by atoms with Crippen LogP contribution in [0.15, 0.2) is 41.8 Å². The first-order valence-electron chi connectivity index (χ1n) is 13.2. The van der Waals surface area contributed by atoms with E-state index in [1.54, 1.807) is 18.2 Å². The van der Waals surface area contributed by atoms with Gasteiger partial charge in [-0.1, -0.05) is 51.5 Å². The molecular formula is C29H40O7S. The lowest BCUT2D eigenvalue weighted by Gasteiger charge is -2.62. The molecule has 8 heteroatoms. The fourth-order valence-electron chi connectivity index (χ4n) is 7.76. The lowest BCUT2D eigenvalue weighted by molar-refractivity contribution is -0.205. The van der Waals surface area contributed by atoms with E-state index in [-0.39, 0.29) is 34.9 Å². The van der Waals surface area contributed by atoms with Gasteiger partial charge in [-0.05, 0) is 62.0 Å². The Balaban J connectivity index is 1.64. The zero-order valence-corrected chi connectivity index (χ0v) is 23.3. The molecule has 0 unspecified atom stereocenters. The number of ketones is 1. The van der Waals surface area contributed by atoms with Gasteiger partial charge in [-0.25, -0.2) is 4.79 Å². The maximum atomic E-state index is 13.4. The molecule has 0 radical (unpaired) electrons. The molecule has 0 spiro atoms. The van der Waals surface area contributed by atoms with Crippen LogP contribution in [0.4, 0.5) is 0 Å². The smallest absolute Gasteiger partial charge is 0.333 e. The Hall–Kier alpha value is -2.03. The fraction of sp³-hybridized carbons (Fsp3) is 0.655. The van der Waals surface area contributed by atoms with Crippen LogP contribution in [0.5, 0.6) is 0 Å². The highest BCUT2D eigenvalue weighted by Gasteiger charge is 2.68. The lowest BCUT2D eigenvalue weighted by Crippen LogP contribution is -2.63. The molecule has 3 saturated carbocycles. The number of rotatable bonds is 6. The Morgan fingerprint density at radius 1 is 1.19 bits per heavy atom. The van der Waals surface area contributed by atoms with Gasteiger partial charge in [-0.3, -0.25) is 8.98 Å². The number of aryl methyl sites for hydroxylation is 1. The van der Waals surface area contributed by atoms with E-state index in [1.807, 2.05) is 20.8 Å². The molecule has 8 atom stereocenters. The third-order valence-electron chi connectivity index (χ3n) is 10.1. The third kappa shape index (κ3) is 4.49. The van der Waals surface area contributed by atoms with Crippen molar-refractivity contribution in [2.45, 2.75) is 83.8 Å². The molecule has 37 heavy (non-hydrogen) atoms. The molecule has 1 N–H and O–H groups in total. The second-order valence-corrected chi connectivity index (χ2v) is 13.7. The first kappa shape index (κ1) is 28.0. The largest absolute Gasteiger partial charge is 0.460 e. The van der Waals surface area contributed by atoms with E-state index in [4.69, 9.17) is 8.92 Å². The molecule has 2 bridgehead atoms. The average Bonchev–Trinajstić information content (AvgIpc) is 3.23. The quantitative estimate of drug-likeness (QED) is 0.324. The van der Waals surface area contributed by atoms with Gasteiger partial charge in [0.25, 0.3) is 10.1 Å². The zero-order chi connectivity index (χ0) is 27.4. The Bertz CT molecular complexity index is 1180. The van der Waals surface area contributed by atoms with Crippen LogP contribution in [-0.2, 0) is 28.6 Å². The summed E-state index contributed by atoms with van der Waals surface area (Å²) in [6.45, 7) is 13.2. The van der Waals surface area contributed by atoms with E-state index in [2.05, 4.69) is 20.4 Å². The minimum Gasteiger partial charge on any atom is -0.460 e. The summed E-state index contributed by atoms with van der Waals surface area (Å²) in [5.74, 6) is -0.909. The van der Waals surface area contributed by atoms with Gasteiger partial charge < -0.3 is 9.84 Å². The minimum absolute atomic E-state index is 0.0391. The minimum atomic E-state index is -4.14. The Morgan fingerprint density at radius 2 is 1.84 bits per heavy atom. The summed E-state index contributed by atoms with van der Waals surface area (Å²) in [6.07, 6.45) is 3.23. The van der Waals surface area contributed by atoms with Crippen molar-refractivity contribution in [3.05, 3.63) is 42.5 Å². The van der Waals surface area contributed by atoms with E-state index in [0.717, 1.165) is 12.0 Å². The number of ether oxygens (including phenoxy) is 1. The van der Waals surface area contributed by atoms with Gasteiger partial charge in [-0.15, -0.1) is 6.58 Å². The number of hydrogen-bond donors (Lipinski definition) is 1. The lowest BCUT2D eigenvalue weighted by atomic mass is 9.43. The summed E-state index contributed by atoms with van der Waals surface area (Å²) < 4.78 is 36.3. The van der Waals surface area contributed by atoms with E-state index >= 15 is 0 Å². The van der Waals surface area contributed by atoms with Gasteiger partial charge in [0.15, 0.2) is 6.61 Å². The fourth-order valence-corrected chi connectivity index (χ4v) is 8.61. The van der Waals surface area contributed by atoms with Crippen molar-refractivity contribution in [2.24, 2.45) is 34.0 Å². The first-order chi connectivity index (χ1) is 17.2. The van der Waals surface area contributed by atoms with Crippen molar-refractivity contribution in [1.29, 1.82) is 0 Å². The van der Waals surface area contributed by atoms with Gasteiger partial charge >= 0.3 is 5.97 Å². The Morgan fingerprint density at radius 3 is 2.46 bits per heavy atom.